The molecule has 0 N–H and O–H groups in total. The average molecular weight is 409 g/mol. The summed E-state index contributed by atoms with van der Waals surface area (Å²) in [6.07, 6.45) is -5.41. The molecule has 0 aromatic heterocycles. The number of nitrogens with zero attached hydrogens (tertiary/aromatic N) is 2. The second kappa shape index (κ2) is 8.78. The van der Waals surface area contributed by atoms with Crippen LogP contribution in [0.15, 0.2) is 16.6 Å². The van der Waals surface area contributed by atoms with E-state index >= 15 is 0 Å². The van der Waals surface area contributed by atoms with Crippen LogP contribution in [0.4, 0.5) is 13.2 Å². The molecule has 1 amide bonds. The van der Waals surface area contributed by atoms with E-state index in [1.54, 1.807) is 6.92 Å². The van der Waals surface area contributed by atoms with Crippen LogP contribution in [-0.4, -0.2) is 43.8 Å². The molecule has 0 aliphatic heterocycles. The van der Waals surface area contributed by atoms with E-state index in [-0.39, 0.29) is 11.5 Å². The van der Waals surface area contributed by atoms with Crippen molar-refractivity contribution in [3.05, 3.63) is 22.2 Å². The lowest BCUT2D eigenvalue weighted by Crippen LogP contribution is -2.34. The minimum absolute atomic E-state index is 0.216. The lowest BCUT2D eigenvalue weighted by Gasteiger charge is -2.19. The summed E-state index contributed by atoms with van der Waals surface area (Å²) in [5.41, 5.74) is 0.339. The molecule has 0 saturated heterocycles. The number of carbonyl (C=O) groups excluding carboxylic acids is 1. The molecule has 0 heterocycles. The Hall–Kier alpha value is -1.95. The number of amides is 1. The minimum Gasteiger partial charge on any atom is -0.490 e. The van der Waals surface area contributed by atoms with Gasteiger partial charge in [0.15, 0.2) is 18.1 Å². The molecule has 0 radical (unpaired) electrons. The Morgan fingerprint density at radius 2 is 2.04 bits per heavy atom. The smallest absolute Gasteiger partial charge is 0.390 e. The van der Waals surface area contributed by atoms with Crippen LogP contribution in [0.1, 0.15) is 18.9 Å². The number of hydrogen-bond acceptors (Lipinski definition) is 4. The Morgan fingerprint density at radius 3 is 2.58 bits per heavy atom. The molecule has 0 aliphatic rings. The van der Waals surface area contributed by atoms with Crippen LogP contribution in [0.5, 0.6) is 11.5 Å². The summed E-state index contributed by atoms with van der Waals surface area (Å²) in [5.74, 6) is -0.111. The first-order chi connectivity index (χ1) is 11.2. The van der Waals surface area contributed by atoms with Gasteiger partial charge in [0.2, 0.25) is 0 Å². The zero-order valence-corrected chi connectivity index (χ0v) is 14.7. The number of hydrogen-bond donors (Lipinski definition) is 0. The molecule has 0 fully saturated rings. The summed E-state index contributed by atoms with van der Waals surface area (Å²) in [7, 11) is 1.27. The largest absolute Gasteiger partial charge is 0.490 e. The van der Waals surface area contributed by atoms with Gasteiger partial charge in [-0.15, -0.1) is 0 Å². The normalized spacial score (nSPS) is 10.9. The number of carbonyl (C=O) groups is 1. The van der Waals surface area contributed by atoms with E-state index < -0.39 is 31.7 Å². The number of rotatable bonds is 7. The maximum absolute atomic E-state index is 12.2. The fourth-order valence-electron chi connectivity index (χ4n) is 1.70. The quantitative estimate of drug-likeness (QED) is 0.692. The van der Waals surface area contributed by atoms with Gasteiger partial charge in [0.05, 0.1) is 29.1 Å². The van der Waals surface area contributed by atoms with Gasteiger partial charge in [-0.25, -0.2) is 0 Å². The monoisotopic (exact) mass is 408 g/mol. The van der Waals surface area contributed by atoms with E-state index in [0.29, 0.717) is 16.6 Å². The van der Waals surface area contributed by atoms with Gasteiger partial charge in [0, 0.05) is 19.7 Å². The van der Waals surface area contributed by atoms with Crippen LogP contribution in [-0.2, 0) is 4.79 Å². The Balaban J connectivity index is 2.76. The fourth-order valence-corrected chi connectivity index (χ4v) is 2.26. The molecule has 0 unspecified atom stereocenters. The van der Waals surface area contributed by atoms with E-state index in [1.807, 2.05) is 6.07 Å². The van der Waals surface area contributed by atoms with E-state index in [0.717, 1.165) is 4.90 Å². The molecule has 9 heteroatoms. The van der Waals surface area contributed by atoms with Crippen molar-refractivity contribution in [3.63, 3.8) is 0 Å². The summed E-state index contributed by atoms with van der Waals surface area (Å²) < 4.78 is 47.7. The van der Waals surface area contributed by atoms with Crippen molar-refractivity contribution in [3.8, 4) is 17.6 Å². The van der Waals surface area contributed by atoms with E-state index in [2.05, 4.69) is 15.9 Å². The SMILES string of the molecule is CCOc1cc(C#N)cc(Br)c1OCC(=O)N(C)CCC(F)(F)F. The van der Waals surface area contributed by atoms with Gasteiger partial charge in [-0.05, 0) is 28.9 Å². The first kappa shape index (κ1) is 20.1. The molecule has 1 rings (SSSR count). The maximum Gasteiger partial charge on any atom is 0.390 e. The first-order valence-electron chi connectivity index (χ1n) is 6.98. The lowest BCUT2D eigenvalue weighted by molar-refractivity contribution is -0.145. The second-order valence-corrected chi connectivity index (χ2v) is 5.65. The number of likely N-dealkylation sites (N-methyl/N-ethyl adjacent to an activating group) is 1. The Kier molecular flexibility index (Phi) is 7.35. The highest BCUT2D eigenvalue weighted by atomic mass is 79.9. The van der Waals surface area contributed by atoms with Crippen LogP contribution in [0.3, 0.4) is 0 Å². The van der Waals surface area contributed by atoms with E-state index in [1.165, 1.54) is 19.2 Å². The van der Waals surface area contributed by atoms with Gasteiger partial charge in [0.25, 0.3) is 5.91 Å². The number of nitriles is 1. The van der Waals surface area contributed by atoms with E-state index in [4.69, 9.17) is 14.7 Å². The molecular weight excluding hydrogens is 393 g/mol. The lowest BCUT2D eigenvalue weighted by atomic mass is 10.2. The van der Waals surface area contributed by atoms with Crippen LogP contribution < -0.4 is 9.47 Å². The van der Waals surface area contributed by atoms with Crippen molar-refractivity contribution >= 4 is 21.8 Å². The zero-order chi connectivity index (χ0) is 18.3. The molecule has 132 valence electrons. The highest BCUT2D eigenvalue weighted by molar-refractivity contribution is 9.10. The molecule has 0 atom stereocenters. The van der Waals surface area contributed by atoms with Crippen LogP contribution >= 0.6 is 15.9 Å². The van der Waals surface area contributed by atoms with Crippen LogP contribution in [0, 0.1) is 11.3 Å². The van der Waals surface area contributed by atoms with Gasteiger partial charge in [-0.3, -0.25) is 4.79 Å². The molecule has 0 aliphatic carbocycles. The number of alkyl halides is 3. The molecule has 1 aromatic carbocycles. The standard InChI is InChI=1S/C15H16BrF3N2O3/c1-3-23-12-7-10(8-20)6-11(16)14(12)24-9-13(22)21(2)5-4-15(17,18)19/h6-7H,3-5,9H2,1-2H3. The van der Waals surface area contributed by atoms with Crippen molar-refractivity contribution in [2.24, 2.45) is 0 Å². The Labute approximate surface area is 146 Å². The maximum atomic E-state index is 12.2. The molecule has 5 nitrogen and oxygen atoms in total. The Bertz CT molecular complexity index is 630. The second-order valence-electron chi connectivity index (χ2n) is 4.80. The predicted molar refractivity (Wildman–Crippen MR) is 83.8 cm³/mol. The summed E-state index contributed by atoms with van der Waals surface area (Å²) >= 11 is 3.22. The van der Waals surface area contributed by atoms with Gasteiger partial charge in [-0.1, -0.05) is 0 Å². The van der Waals surface area contributed by atoms with Crippen LogP contribution in [0.25, 0.3) is 0 Å². The number of halogens is 4. The molecule has 24 heavy (non-hydrogen) atoms. The van der Waals surface area contributed by atoms with E-state index in [9.17, 15) is 18.0 Å². The van der Waals surface area contributed by atoms with Crippen molar-refractivity contribution in [2.45, 2.75) is 19.5 Å². The summed E-state index contributed by atoms with van der Waals surface area (Å²) in [6.45, 7) is 1.17. The van der Waals surface area contributed by atoms with Gasteiger partial charge in [-0.2, -0.15) is 18.4 Å². The third kappa shape index (κ3) is 6.28. The van der Waals surface area contributed by atoms with Crippen molar-refractivity contribution < 1.29 is 27.4 Å². The highest BCUT2D eigenvalue weighted by Gasteiger charge is 2.28. The zero-order valence-electron chi connectivity index (χ0n) is 13.1. The minimum atomic E-state index is -4.33. The average Bonchev–Trinajstić information content (AvgIpc) is 2.50. The summed E-state index contributed by atoms with van der Waals surface area (Å²) in [5, 5.41) is 8.94. The van der Waals surface area contributed by atoms with Gasteiger partial charge >= 0.3 is 6.18 Å². The topological polar surface area (TPSA) is 62.6 Å². The third-order valence-corrected chi connectivity index (χ3v) is 3.52. The molecule has 0 spiro atoms. The molecule has 1 aromatic rings. The Morgan fingerprint density at radius 1 is 1.38 bits per heavy atom. The highest BCUT2D eigenvalue weighted by Crippen LogP contribution is 2.36. The molecular formula is C15H16BrF3N2O3. The summed E-state index contributed by atoms with van der Waals surface area (Å²) in [6, 6.07) is 4.92. The molecule has 0 bridgehead atoms. The predicted octanol–water partition coefficient (Wildman–Crippen LogP) is 3.51. The fraction of sp³-hybridized carbons (Fsp3) is 0.467. The molecule has 0 saturated carbocycles. The third-order valence-electron chi connectivity index (χ3n) is 2.93. The van der Waals surface area contributed by atoms with Crippen molar-refractivity contribution in [1.82, 2.24) is 4.90 Å². The van der Waals surface area contributed by atoms with Crippen LogP contribution in [0.2, 0.25) is 0 Å². The van der Waals surface area contributed by atoms with Crippen molar-refractivity contribution in [1.29, 1.82) is 5.26 Å². The van der Waals surface area contributed by atoms with Gasteiger partial charge < -0.3 is 14.4 Å². The summed E-state index contributed by atoms with van der Waals surface area (Å²) in [4.78, 5) is 12.8. The number of ether oxygens (including phenoxy) is 2. The van der Waals surface area contributed by atoms with Crippen molar-refractivity contribution in [2.75, 3.05) is 26.8 Å². The van der Waals surface area contributed by atoms with Gasteiger partial charge in [0.1, 0.15) is 0 Å². The first-order valence-corrected chi connectivity index (χ1v) is 7.77. The number of benzene rings is 1.